The normalized spacial score (nSPS) is 10.0. The predicted molar refractivity (Wildman–Crippen MR) is 83.2 cm³/mol. The predicted octanol–water partition coefficient (Wildman–Crippen LogP) is 3.19. The Morgan fingerprint density at radius 3 is 2.63 bits per heavy atom. The number of anilines is 1. The molecule has 3 nitrogen and oxygen atoms in total. The van der Waals surface area contributed by atoms with Gasteiger partial charge in [0.05, 0.1) is 0 Å². The number of aromatic nitrogens is 1. The first-order chi connectivity index (χ1) is 9.15. The Hall–Kier alpha value is -1.94. The lowest BCUT2D eigenvalue weighted by Gasteiger charge is -2.11. The number of rotatable bonds is 3. The van der Waals surface area contributed by atoms with Crippen LogP contribution < -0.4 is 10.6 Å². The minimum Gasteiger partial charge on any atom is -0.358 e. The van der Waals surface area contributed by atoms with E-state index in [-0.39, 0.29) is 0 Å². The smallest absolute Gasteiger partial charge is 0.172 e. The zero-order valence-electron chi connectivity index (χ0n) is 11.1. The quantitative estimate of drug-likeness (QED) is 0.841. The molecule has 19 heavy (non-hydrogen) atoms. The Labute approximate surface area is 119 Å². The molecule has 0 aliphatic carbocycles. The Morgan fingerprint density at radius 1 is 1.16 bits per heavy atom. The molecule has 4 heteroatoms. The molecule has 1 heterocycles. The van der Waals surface area contributed by atoms with Crippen LogP contribution in [0, 0.1) is 13.8 Å². The molecule has 2 N–H and O–H groups in total. The number of aryl methyl sites for hydroxylation is 2. The van der Waals surface area contributed by atoms with E-state index in [4.69, 9.17) is 12.2 Å². The summed E-state index contributed by atoms with van der Waals surface area (Å²) in [5.74, 6) is 0.757. The van der Waals surface area contributed by atoms with E-state index < -0.39 is 0 Å². The van der Waals surface area contributed by atoms with Crippen molar-refractivity contribution in [2.75, 3.05) is 5.32 Å². The van der Waals surface area contributed by atoms with Gasteiger partial charge in [0.1, 0.15) is 5.82 Å². The number of hydrogen-bond donors (Lipinski definition) is 2. The summed E-state index contributed by atoms with van der Waals surface area (Å²) in [7, 11) is 0. The lowest BCUT2D eigenvalue weighted by atomic mass is 10.1. The number of pyridine rings is 1. The van der Waals surface area contributed by atoms with Gasteiger partial charge < -0.3 is 10.6 Å². The first kappa shape index (κ1) is 13.5. The maximum Gasteiger partial charge on any atom is 0.172 e. The van der Waals surface area contributed by atoms with Crippen LogP contribution in [0.5, 0.6) is 0 Å². The van der Waals surface area contributed by atoms with Crippen LogP contribution in [0.3, 0.4) is 0 Å². The number of thiocarbonyl (C=S) groups is 1. The highest BCUT2D eigenvalue weighted by Gasteiger charge is 2.00. The van der Waals surface area contributed by atoms with Crippen LogP contribution in [-0.2, 0) is 6.54 Å². The summed E-state index contributed by atoms with van der Waals surface area (Å²) < 4.78 is 0. The van der Waals surface area contributed by atoms with Gasteiger partial charge in [-0.2, -0.15) is 0 Å². The monoisotopic (exact) mass is 271 g/mol. The van der Waals surface area contributed by atoms with Gasteiger partial charge in [-0.1, -0.05) is 30.3 Å². The molecule has 0 saturated heterocycles. The molecule has 0 radical (unpaired) electrons. The zero-order valence-corrected chi connectivity index (χ0v) is 11.9. The minimum absolute atomic E-state index is 0.583. The summed E-state index contributed by atoms with van der Waals surface area (Å²) in [6.45, 7) is 4.81. The van der Waals surface area contributed by atoms with E-state index in [9.17, 15) is 0 Å². The summed E-state index contributed by atoms with van der Waals surface area (Å²) >= 11 is 5.25. The molecule has 0 saturated carbocycles. The molecule has 0 unspecified atom stereocenters. The first-order valence-electron chi connectivity index (χ1n) is 6.17. The Morgan fingerprint density at radius 2 is 1.95 bits per heavy atom. The first-order valence-corrected chi connectivity index (χ1v) is 6.58. The third-order valence-electron chi connectivity index (χ3n) is 2.85. The van der Waals surface area contributed by atoms with Crippen molar-refractivity contribution in [2.24, 2.45) is 0 Å². The molecule has 2 rings (SSSR count). The molecule has 1 aromatic carbocycles. The van der Waals surface area contributed by atoms with Gasteiger partial charge in [-0.15, -0.1) is 0 Å². The van der Waals surface area contributed by atoms with Gasteiger partial charge in [-0.3, -0.25) is 0 Å². The van der Waals surface area contributed by atoms with Crippen LogP contribution in [0.4, 0.5) is 5.82 Å². The van der Waals surface area contributed by atoms with Crippen molar-refractivity contribution in [1.29, 1.82) is 0 Å². The zero-order chi connectivity index (χ0) is 13.7. The highest BCUT2D eigenvalue weighted by Crippen LogP contribution is 2.07. The van der Waals surface area contributed by atoms with E-state index in [2.05, 4.69) is 34.7 Å². The fraction of sp³-hybridized carbons (Fsp3) is 0.200. The Balaban J connectivity index is 1.88. The number of benzene rings is 1. The minimum atomic E-state index is 0.583. The van der Waals surface area contributed by atoms with Crippen LogP contribution >= 0.6 is 12.2 Å². The fourth-order valence-electron chi connectivity index (χ4n) is 1.69. The van der Waals surface area contributed by atoms with Crippen molar-refractivity contribution in [3.05, 3.63) is 59.3 Å². The van der Waals surface area contributed by atoms with E-state index in [1.807, 2.05) is 37.4 Å². The lowest BCUT2D eigenvalue weighted by Crippen LogP contribution is -2.28. The molecule has 0 aliphatic heterocycles. The average Bonchev–Trinajstić information content (AvgIpc) is 2.40. The van der Waals surface area contributed by atoms with Crippen LogP contribution in [0.1, 0.15) is 16.7 Å². The third-order valence-corrected chi connectivity index (χ3v) is 3.10. The maximum absolute atomic E-state index is 5.25. The van der Waals surface area contributed by atoms with Crippen molar-refractivity contribution in [3.63, 3.8) is 0 Å². The molecular formula is C15H17N3S. The molecule has 0 atom stereocenters. The van der Waals surface area contributed by atoms with Gasteiger partial charge in [0, 0.05) is 12.7 Å². The van der Waals surface area contributed by atoms with E-state index in [0.29, 0.717) is 11.7 Å². The standard InChI is InChI=1S/C15H17N3S/c1-11-7-8-14(16-9-11)18-15(19)17-10-13-6-4-3-5-12(13)2/h3-9H,10H2,1-2H3,(H2,16,17,18,19). The highest BCUT2D eigenvalue weighted by molar-refractivity contribution is 7.80. The van der Waals surface area contributed by atoms with Gasteiger partial charge in [0.25, 0.3) is 0 Å². The van der Waals surface area contributed by atoms with Crippen molar-refractivity contribution >= 4 is 23.1 Å². The largest absolute Gasteiger partial charge is 0.358 e. The molecule has 1 aromatic heterocycles. The Bertz CT molecular complexity index is 564. The molecule has 0 spiro atoms. The molecule has 0 amide bonds. The topological polar surface area (TPSA) is 37.0 Å². The number of hydrogen-bond acceptors (Lipinski definition) is 2. The molecule has 98 valence electrons. The van der Waals surface area contributed by atoms with Gasteiger partial charge in [0.15, 0.2) is 5.11 Å². The summed E-state index contributed by atoms with van der Waals surface area (Å²) in [5, 5.41) is 6.83. The second-order valence-corrected chi connectivity index (χ2v) is 4.86. The van der Waals surface area contributed by atoms with Gasteiger partial charge in [-0.25, -0.2) is 4.98 Å². The molecule has 0 fully saturated rings. The van der Waals surface area contributed by atoms with Crippen LogP contribution in [0.2, 0.25) is 0 Å². The van der Waals surface area contributed by atoms with E-state index in [1.54, 1.807) is 0 Å². The van der Waals surface area contributed by atoms with Crippen molar-refractivity contribution in [1.82, 2.24) is 10.3 Å². The second kappa shape index (κ2) is 6.29. The summed E-state index contributed by atoms with van der Waals surface area (Å²) in [5.41, 5.74) is 3.62. The summed E-state index contributed by atoms with van der Waals surface area (Å²) in [6.07, 6.45) is 1.81. The summed E-state index contributed by atoms with van der Waals surface area (Å²) in [4.78, 5) is 4.25. The van der Waals surface area contributed by atoms with Crippen molar-refractivity contribution in [2.45, 2.75) is 20.4 Å². The van der Waals surface area contributed by atoms with Crippen molar-refractivity contribution < 1.29 is 0 Å². The number of nitrogens with zero attached hydrogens (tertiary/aromatic N) is 1. The van der Waals surface area contributed by atoms with Crippen LogP contribution in [0.15, 0.2) is 42.6 Å². The van der Waals surface area contributed by atoms with E-state index in [0.717, 1.165) is 11.4 Å². The molecular weight excluding hydrogens is 254 g/mol. The van der Waals surface area contributed by atoms with Gasteiger partial charge >= 0.3 is 0 Å². The van der Waals surface area contributed by atoms with Crippen molar-refractivity contribution in [3.8, 4) is 0 Å². The lowest BCUT2D eigenvalue weighted by molar-refractivity contribution is 0.914. The highest BCUT2D eigenvalue weighted by atomic mass is 32.1. The Kier molecular flexibility index (Phi) is 4.47. The third kappa shape index (κ3) is 4.03. The summed E-state index contributed by atoms with van der Waals surface area (Å²) in [6, 6.07) is 12.2. The number of nitrogens with one attached hydrogen (secondary N) is 2. The van der Waals surface area contributed by atoms with Crippen LogP contribution in [0.25, 0.3) is 0 Å². The maximum atomic E-state index is 5.25. The van der Waals surface area contributed by atoms with E-state index >= 15 is 0 Å². The fourth-order valence-corrected chi connectivity index (χ4v) is 1.86. The van der Waals surface area contributed by atoms with Gasteiger partial charge in [0.2, 0.25) is 0 Å². The second-order valence-electron chi connectivity index (χ2n) is 4.45. The SMILES string of the molecule is Cc1ccc(NC(=S)NCc2ccccc2C)nc1. The van der Waals surface area contributed by atoms with Crippen LogP contribution in [-0.4, -0.2) is 10.1 Å². The molecule has 2 aromatic rings. The van der Waals surface area contributed by atoms with Gasteiger partial charge in [-0.05, 0) is 48.8 Å². The molecule has 0 aliphatic rings. The van der Waals surface area contributed by atoms with E-state index in [1.165, 1.54) is 11.1 Å². The molecule has 0 bridgehead atoms. The average molecular weight is 271 g/mol.